The highest BCUT2D eigenvalue weighted by Gasteiger charge is 2.42. The summed E-state index contributed by atoms with van der Waals surface area (Å²) in [5.41, 5.74) is -0.128. The lowest BCUT2D eigenvalue weighted by molar-refractivity contribution is -0.141. The molecule has 2 aromatic rings. The van der Waals surface area contributed by atoms with Crippen LogP contribution in [0.5, 0.6) is 0 Å². The zero-order valence-electron chi connectivity index (χ0n) is 11.0. The molecular weight excluding hydrogens is 283 g/mol. The average molecular weight is 295 g/mol. The molecule has 0 unspecified atom stereocenters. The molecule has 0 saturated carbocycles. The number of pyridine rings is 1. The van der Waals surface area contributed by atoms with Gasteiger partial charge in [0.1, 0.15) is 0 Å². The van der Waals surface area contributed by atoms with E-state index in [1.807, 2.05) is 0 Å². The predicted molar refractivity (Wildman–Crippen MR) is 67.8 cm³/mol. The van der Waals surface area contributed by atoms with E-state index in [2.05, 4.69) is 10.1 Å². The summed E-state index contributed by atoms with van der Waals surface area (Å²) in [6, 6.07) is 3.43. The van der Waals surface area contributed by atoms with Crippen LogP contribution in [0.3, 0.4) is 0 Å². The van der Waals surface area contributed by atoms with Crippen LogP contribution >= 0.6 is 0 Å². The number of fused-ring (bicyclic) bond motifs is 1. The van der Waals surface area contributed by atoms with Crippen molar-refractivity contribution in [3.8, 4) is 0 Å². The first-order valence-electron chi connectivity index (χ1n) is 6.56. The van der Waals surface area contributed by atoms with E-state index in [9.17, 15) is 18.0 Å². The van der Waals surface area contributed by atoms with Crippen LogP contribution in [0.25, 0.3) is 0 Å². The second-order valence-corrected chi connectivity index (χ2v) is 4.96. The number of hydrogen-bond acceptors (Lipinski definition) is 3. The number of alkyl halides is 3. The Balaban J connectivity index is 2.08. The van der Waals surface area contributed by atoms with Crippen LogP contribution in [0, 0.1) is 0 Å². The van der Waals surface area contributed by atoms with E-state index < -0.39 is 17.7 Å². The molecular formula is C14H12F3N3O. The summed E-state index contributed by atoms with van der Waals surface area (Å²) < 4.78 is 40.5. The number of halogens is 3. The van der Waals surface area contributed by atoms with Gasteiger partial charge in [0.25, 0.3) is 0 Å². The van der Waals surface area contributed by atoms with Crippen LogP contribution < -0.4 is 0 Å². The fourth-order valence-corrected chi connectivity index (χ4v) is 2.58. The standard InChI is InChI=1S/C14H12F3N3O/c15-14(16,17)13-12-10(2-1-3-11(12)21)20(19-13)8-9-4-6-18-7-5-9/h4-7H,1-3,8H2. The number of Topliss-reactive ketones (excluding diaryl/α,β-unsaturated/α-hetero) is 1. The van der Waals surface area contributed by atoms with Crippen LogP contribution in [0.15, 0.2) is 24.5 Å². The zero-order chi connectivity index (χ0) is 15.0. The number of ketones is 1. The number of rotatable bonds is 2. The molecule has 0 radical (unpaired) electrons. The first-order valence-corrected chi connectivity index (χ1v) is 6.56. The molecule has 0 aliphatic heterocycles. The average Bonchev–Trinajstić information content (AvgIpc) is 2.80. The van der Waals surface area contributed by atoms with E-state index in [4.69, 9.17) is 0 Å². The molecule has 110 valence electrons. The molecule has 0 atom stereocenters. The smallest absolute Gasteiger partial charge is 0.294 e. The summed E-state index contributed by atoms with van der Waals surface area (Å²) >= 11 is 0. The van der Waals surface area contributed by atoms with Crippen molar-refractivity contribution in [2.45, 2.75) is 32.0 Å². The van der Waals surface area contributed by atoms with Crippen molar-refractivity contribution in [2.75, 3.05) is 0 Å². The highest BCUT2D eigenvalue weighted by Crippen LogP contribution is 2.35. The number of nitrogens with zero attached hydrogens (tertiary/aromatic N) is 3. The highest BCUT2D eigenvalue weighted by molar-refractivity contribution is 5.99. The van der Waals surface area contributed by atoms with Gasteiger partial charge in [0.2, 0.25) is 0 Å². The Bertz CT molecular complexity index is 677. The van der Waals surface area contributed by atoms with E-state index in [0.717, 1.165) is 5.56 Å². The molecule has 21 heavy (non-hydrogen) atoms. The van der Waals surface area contributed by atoms with Gasteiger partial charge in [-0.3, -0.25) is 14.5 Å². The van der Waals surface area contributed by atoms with Gasteiger partial charge in [-0.2, -0.15) is 18.3 Å². The summed E-state index contributed by atoms with van der Waals surface area (Å²) in [6.07, 6.45) is -0.319. The SMILES string of the molecule is O=C1CCCc2c1c(C(F)(F)F)nn2Cc1ccncc1. The van der Waals surface area contributed by atoms with Crippen LogP contribution in [-0.2, 0) is 19.1 Å². The van der Waals surface area contributed by atoms with E-state index in [1.165, 1.54) is 4.68 Å². The Morgan fingerprint density at radius 3 is 2.57 bits per heavy atom. The van der Waals surface area contributed by atoms with Gasteiger partial charge in [0, 0.05) is 18.8 Å². The second-order valence-electron chi connectivity index (χ2n) is 4.96. The van der Waals surface area contributed by atoms with Gasteiger partial charge in [0.05, 0.1) is 17.8 Å². The molecule has 0 bridgehead atoms. The van der Waals surface area contributed by atoms with E-state index in [1.54, 1.807) is 24.5 Å². The summed E-state index contributed by atoms with van der Waals surface area (Å²) in [5.74, 6) is -0.468. The Labute approximate surface area is 118 Å². The third kappa shape index (κ3) is 2.55. The van der Waals surface area contributed by atoms with E-state index >= 15 is 0 Å². The molecule has 0 amide bonds. The minimum absolute atomic E-state index is 0.150. The zero-order valence-corrected chi connectivity index (χ0v) is 11.0. The molecule has 0 spiro atoms. The molecule has 7 heteroatoms. The molecule has 0 fully saturated rings. The second kappa shape index (κ2) is 4.98. The third-order valence-electron chi connectivity index (χ3n) is 3.50. The van der Waals surface area contributed by atoms with E-state index in [0.29, 0.717) is 18.5 Å². The van der Waals surface area contributed by atoms with Crippen LogP contribution in [0.2, 0.25) is 0 Å². The topological polar surface area (TPSA) is 47.8 Å². The van der Waals surface area contributed by atoms with Crippen molar-refractivity contribution < 1.29 is 18.0 Å². The van der Waals surface area contributed by atoms with Crippen molar-refractivity contribution in [3.05, 3.63) is 47.0 Å². The minimum atomic E-state index is -4.61. The van der Waals surface area contributed by atoms with Crippen LogP contribution in [-0.4, -0.2) is 20.5 Å². The number of carbonyl (C=O) groups excluding carboxylic acids is 1. The lowest BCUT2D eigenvalue weighted by Gasteiger charge is -2.13. The summed E-state index contributed by atoms with van der Waals surface area (Å²) in [4.78, 5) is 15.7. The van der Waals surface area contributed by atoms with Crippen molar-refractivity contribution >= 4 is 5.78 Å². The van der Waals surface area contributed by atoms with Gasteiger partial charge in [-0.25, -0.2) is 0 Å². The lowest BCUT2D eigenvalue weighted by atomic mass is 9.94. The molecule has 2 aromatic heterocycles. The van der Waals surface area contributed by atoms with Crippen molar-refractivity contribution in [2.24, 2.45) is 0 Å². The molecule has 2 heterocycles. The molecule has 0 saturated heterocycles. The highest BCUT2D eigenvalue weighted by atomic mass is 19.4. The molecule has 0 aromatic carbocycles. The fourth-order valence-electron chi connectivity index (χ4n) is 2.58. The monoisotopic (exact) mass is 295 g/mol. The van der Waals surface area contributed by atoms with Gasteiger partial charge < -0.3 is 0 Å². The van der Waals surface area contributed by atoms with Crippen LogP contribution in [0.4, 0.5) is 13.2 Å². The maximum atomic E-state index is 13.1. The minimum Gasteiger partial charge on any atom is -0.294 e. The first kappa shape index (κ1) is 13.8. The van der Waals surface area contributed by atoms with Crippen LogP contribution in [0.1, 0.15) is 40.2 Å². The number of carbonyl (C=O) groups is 1. The molecule has 1 aliphatic carbocycles. The summed E-state index contributed by atoms with van der Waals surface area (Å²) in [7, 11) is 0. The van der Waals surface area contributed by atoms with Crippen molar-refractivity contribution in [3.63, 3.8) is 0 Å². The van der Waals surface area contributed by atoms with E-state index in [-0.39, 0.29) is 18.5 Å². The third-order valence-corrected chi connectivity index (χ3v) is 3.50. The van der Waals surface area contributed by atoms with Gasteiger partial charge in [-0.15, -0.1) is 0 Å². The van der Waals surface area contributed by atoms with Crippen molar-refractivity contribution in [1.29, 1.82) is 0 Å². The maximum absolute atomic E-state index is 13.1. The van der Waals surface area contributed by atoms with Gasteiger partial charge in [0.15, 0.2) is 11.5 Å². The largest absolute Gasteiger partial charge is 0.435 e. The number of aromatic nitrogens is 3. The Kier molecular flexibility index (Phi) is 3.27. The predicted octanol–water partition coefficient (Wildman–Crippen LogP) is 2.86. The maximum Gasteiger partial charge on any atom is 0.435 e. The van der Waals surface area contributed by atoms with Gasteiger partial charge in [-0.05, 0) is 30.5 Å². The Morgan fingerprint density at radius 2 is 1.90 bits per heavy atom. The van der Waals surface area contributed by atoms with Gasteiger partial charge >= 0.3 is 6.18 Å². The van der Waals surface area contributed by atoms with Crippen molar-refractivity contribution in [1.82, 2.24) is 14.8 Å². The lowest BCUT2D eigenvalue weighted by Crippen LogP contribution is -2.16. The summed E-state index contributed by atoms with van der Waals surface area (Å²) in [5, 5.41) is 3.66. The normalized spacial score (nSPS) is 15.1. The first-order chi connectivity index (χ1) is 9.97. The Hall–Kier alpha value is -2.18. The fraction of sp³-hybridized carbons (Fsp3) is 0.357. The quantitative estimate of drug-likeness (QED) is 0.856. The molecule has 3 rings (SSSR count). The molecule has 0 N–H and O–H groups in total. The molecule has 1 aliphatic rings. The molecule has 4 nitrogen and oxygen atoms in total. The number of hydrogen-bond donors (Lipinski definition) is 0. The Morgan fingerprint density at radius 1 is 1.19 bits per heavy atom. The van der Waals surface area contributed by atoms with Gasteiger partial charge in [-0.1, -0.05) is 0 Å². The summed E-state index contributed by atoms with van der Waals surface area (Å²) in [6.45, 7) is 0.203.